The van der Waals surface area contributed by atoms with E-state index in [2.05, 4.69) is 10.3 Å². The van der Waals surface area contributed by atoms with Gasteiger partial charge in [-0.15, -0.1) is 0 Å². The van der Waals surface area contributed by atoms with E-state index in [-0.39, 0.29) is 11.9 Å². The van der Waals surface area contributed by atoms with E-state index in [1.54, 1.807) is 0 Å². The number of carbonyl (C=O) groups excluding carboxylic acids is 1. The Kier molecular flexibility index (Phi) is 5.41. The van der Waals surface area contributed by atoms with E-state index in [9.17, 15) is 4.79 Å². The molecule has 1 unspecified atom stereocenters. The maximum atomic E-state index is 12.4. The van der Waals surface area contributed by atoms with Gasteiger partial charge in [0.2, 0.25) is 0 Å². The zero-order valence-electron chi connectivity index (χ0n) is 12.9. The average molecular weight is 312 g/mol. The summed E-state index contributed by atoms with van der Waals surface area (Å²) in [6, 6.07) is 0.121. The molecule has 0 saturated carbocycles. The van der Waals surface area contributed by atoms with Gasteiger partial charge >= 0.3 is 0 Å². The quantitative estimate of drug-likeness (QED) is 0.865. The first kappa shape index (κ1) is 16.0. The SMILES string of the molecule is CCN(C)c1nc(N)c(C(=O)NC(C)C2CCOCC2)s1. The van der Waals surface area contributed by atoms with Crippen LogP contribution in [0, 0.1) is 5.92 Å². The number of hydrogen-bond donors (Lipinski definition) is 2. The van der Waals surface area contributed by atoms with Crippen molar-refractivity contribution in [1.82, 2.24) is 10.3 Å². The van der Waals surface area contributed by atoms with Crippen LogP contribution in [0.4, 0.5) is 10.9 Å². The highest BCUT2D eigenvalue weighted by atomic mass is 32.1. The summed E-state index contributed by atoms with van der Waals surface area (Å²) in [6.45, 7) is 6.46. The van der Waals surface area contributed by atoms with Crippen LogP contribution in [-0.4, -0.2) is 43.7 Å². The van der Waals surface area contributed by atoms with Gasteiger partial charge in [-0.2, -0.15) is 0 Å². The molecule has 1 aromatic heterocycles. The Morgan fingerprint density at radius 3 is 2.86 bits per heavy atom. The molecule has 3 N–H and O–H groups in total. The molecule has 1 aliphatic heterocycles. The summed E-state index contributed by atoms with van der Waals surface area (Å²) in [6.07, 6.45) is 1.98. The molecular formula is C14H24N4O2S. The molecule has 0 radical (unpaired) electrons. The standard InChI is InChI=1S/C14H24N4O2S/c1-4-18(3)14-17-12(15)11(21-14)13(19)16-9(2)10-5-7-20-8-6-10/h9-10H,4-8,15H2,1-3H3,(H,16,19). The van der Waals surface area contributed by atoms with Crippen molar-refractivity contribution >= 4 is 28.2 Å². The Labute approximate surface area is 129 Å². The molecule has 21 heavy (non-hydrogen) atoms. The number of anilines is 2. The van der Waals surface area contributed by atoms with Crippen LogP contribution in [0.2, 0.25) is 0 Å². The van der Waals surface area contributed by atoms with Crippen molar-refractivity contribution in [3.8, 4) is 0 Å². The fourth-order valence-corrected chi connectivity index (χ4v) is 3.30. The number of rotatable bonds is 5. The van der Waals surface area contributed by atoms with Crippen molar-refractivity contribution in [2.24, 2.45) is 5.92 Å². The minimum Gasteiger partial charge on any atom is -0.382 e. The minimum absolute atomic E-state index is 0.121. The van der Waals surface area contributed by atoms with Gasteiger partial charge in [-0.25, -0.2) is 4.98 Å². The van der Waals surface area contributed by atoms with Crippen LogP contribution >= 0.6 is 11.3 Å². The number of aromatic nitrogens is 1. The van der Waals surface area contributed by atoms with E-state index < -0.39 is 0 Å². The zero-order valence-corrected chi connectivity index (χ0v) is 13.7. The third kappa shape index (κ3) is 3.85. The topological polar surface area (TPSA) is 80.5 Å². The van der Waals surface area contributed by atoms with E-state index in [1.165, 1.54) is 11.3 Å². The third-order valence-corrected chi connectivity index (χ3v) is 5.17. The molecule has 6 nitrogen and oxygen atoms in total. The van der Waals surface area contributed by atoms with Gasteiger partial charge in [0.25, 0.3) is 5.91 Å². The summed E-state index contributed by atoms with van der Waals surface area (Å²) in [5.74, 6) is 0.654. The number of carbonyl (C=O) groups is 1. The molecule has 0 bridgehead atoms. The van der Waals surface area contributed by atoms with Gasteiger partial charge in [0.15, 0.2) is 5.13 Å². The van der Waals surface area contributed by atoms with E-state index in [4.69, 9.17) is 10.5 Å². The molecule has 0 aliphatic carbocycles. The summed E-state index contributed by atoms with van der Waals surface area (Å²) in [5, 5.41) is 3.83. The normalized spacial score (nSPS) is 17.5. The fourth-order valence-electron chi connectivity index (χ4n) is 2.39. The van der Waals surface area contributed by atoms with Crippen molar-refractivity contribution < 1.29 is 9.53 Å². The van der Waals surface area contributed by atoms with Gasteiger partial charge in [-0.1, -0.05) is 11.3 Å². The van der Waals surface area contributed by atoms with Crippen LogP contribution in [0.5, 0.6) is 0 Å². The number of ether oxygens (including phenoxy) is 1. The van der Waals surface area contributed by atoms with Gasteiger partial charge in [0, 0.05) is 32.8 Å². The van der Waals surface area contributed by atoms with Gasteiger partial charge in [-0.3, -0.25) is 4.79 Å². The monoisotopic (exact) mass is 312 g/mol. The van der Waals surface area contributed by atoms with Crippen LogP contribution in [0.25, 0.3) is 0 Å². The number of nitrogens with one attached hydrogen (secondary N) is 1. The lowest BCUT2D eigenvalue weighted by Crippen LogP contribution is -2.40. The maximum Gasteiger partial charge on any atom is 0.265 e. The van der Waals surface area contributed by atoms with Crippen molar-refractivity contribution in [3.63, 3.8) is 0 Å². The van der Waals surface area contributed by atoms with Gasteiger partial charge in [-0.05, 0) is 32.6 Å². The average Bonchev–Trinajstić information content (AvgIpc) is 2.89. The molecule has 2 rings (SSSR count). The maximum absolute atomic E-state index is 12.4. The summed E-state index contributed by atoms with van der Waals surface area (Å²) in [7, 11) is 1.94. The molecular weight excluding hydrogens is 288 g/mol. The highest BCUT2D eigenvalue weighted by Crippen LogP contribution is 2.28. The molecule has 1 amide bonds. The number of nitrogens with two attached hydrogens (primary N) is 1. The van der Waals surface area contributed by atoms with Gasteiger partial charge in [0.1, 0.15) is 10.7 Å². The number of nitrogens with zero attached hydrogens (tertiary/aromatic N) is 2. The molecule has 0 spiro atoms. The second kappa shape index (κ2) is 7.09. The Balaban J connectivity index is 2.00. The number of nitrogen functional groups attached to an aromatic ring is 1. The Hall–Kier alpha value is -1.34. The first-order chi connectivity index (χ1) is 10.0. The molecule has 118 valence electrons. The van der Waals surface area contributed by atoms with Crippen molar-refractivity contribution in [2.45, 2.75) is 32.7 Å². The van der Waals surface area contributed by atoms with Crippen LogP contribution in [0.1, 0.15) is 36.4 Å². The van der Waals surface area contributed by atoms with Crippen LogP contribution in [-0.2, 0) is 4.74 Å². The molecule has 1 fully saturated rings. The summed E-state index contributed by atoms with van der Waals surface area (Å²) in [4.78, 5) is 19.1. The molecule has 2 heterocycles. The summed E-state index contributed by atoms with van der Waals surface area (Å²) in [5.41, 5.74) is 5.88. The predicted molar refractivity (Wildman–Crippen MR) is 85.9 cm³/mol. The number of thiazole rings is 1. The minimum atomic E-state index is -0.125. The molecule has 1 aliphatic rings. The first-order valence-electron chi connectivity index (χ1n) is 7.39. The predicted octanol–water partition coefficient (Wildman–Crippen LogP) is 1.73. The molecule has 0 aromatic carbocycles. The van der Waals surface area contributed by atoms with Crippen molar-refractivity contribution in [3.05, 3.63) is 4.88 Å². The highest BCUT2D eigenvalue weighted by molar-refractivity contribution is 7.18. The zero-order chi connectivity index (χ0) is 15.4. The van der Waals surface area contributed by atoms with Gasteiger partial charge in [0.05, 0.1) is 0 Å². The number of hydrogen-bond acceptors (Lipinski definition) is 6. The third-order valence-electron chi connectivity index (χ3n) is 3.98. The molecule has 1 saturated heterocycles. The fraction of sp³-hybridized carbons (Fsp3) is 0.714. The second-order valence-electron chi connectivity index (χ2n) is 5.44. The number of amides is 1. The van der Waals surface area contributed by atoms with Gasteiger partial charge < -0.3 is 20.7 Å². The lowest BCUT2D eigenvalue weighted by Gasteiger charge is -2.28. The van der Waals surface area contributed by atoms with Crippen LogP contribution in [0.15, 0.2) is 0 Å². The second-order valence-corrected chi connectivity index (χ2v) is 6.41. The Morgan fingerprint density at radius 2 is 2.24 bits per heavy atom. The van der Waals surface area contributed by atoms with Crippen LogP contribution < -0.4 is 16.0 Å². The Morgan fingerprint density at radius 1 is 1.57 bits per heavy atom. The lowest BCUT2D eigenvalue weighted by atomic mass is 9.93. The van der Waals surface area contributed by atoms with E-state index in [0.717, 1.165) is 37.7 Å². The van der Waals surface area contributed by atoms with E-state index >= 15 is 0 Å². The first-order valence-corrected chi connectivity index (χ1v) is 8.20. The van der Waals surface area contributed by atoms with Crippen molar-refractivity contribution in [2.75, 3.05) is 37.4 Å². The highest BCUT2D eigenvalue weighted by Gasteiger charge is 2.24. The molecule has 1 aromatic rings. The molecule has 7 heteroatoms. The lowest BCUT2D eigenvalue weighted by molar-refractivity contribution is 0.0539. The van der Waals surface area contributed by atoms with Crippen molar-refractivity contribution in [1.29, 1.82) is 0 Å². The van der Waals surface area contributed by atoms with Crippen LogP contribution in [0.3, 0.4) is 0 Å². The largest absolute Gasteiger partial charge is 0.382 e. The Bertz CT molecular complexity index is 485. The smallest absolute Gasteiger partial charge is 0.265 e. The summed E-state index contributed by atoms with van der Waals surface area (Å²) >= 11 is 1.34. The summed E-state index contributed by atoms with van der Waals surface area (Å²) < 4.78 is 5.35. The van der Waals surface area contributed by atoms with E-state index in [0.29, 0.717) is 16.6 Å². The van der Waals surface area contributed by atoms with E-state index in [1.807, 2.05) is 25.8 Å². The molecule has 1 atom stereocenters.